The lowest BCUT2D eigenvalue weighted by molar-refractivity contribution is -0.121. The summed E-state index contributed by atoms with van der Waals surface area (Å²) in [7, 11) is 0. The summed E-state index contributed by atoms with van der Waals surface area (Å²) in [5.41, 5.74) is 4.71. The molecule has 118 valence electrons. The monoisotopic (exact) mass is 306 g/mol. The third kappa shape index (κ3) is 4.22. The van der Waals surface area contributed by atoms with Crippen LogP contribution in [-0.4, -0.2) is 10.9 Å². The summed E-state index contributed by atoms with van der Waals surface area (Å²) in [4.78, 5) is 15.3. The van der Waals surface area contributed by atoms with Gasteiger partial charge in [0.1, 0.15) is 0 Å². The van der Waals surface area contributed by atoms with E-state index in [2.05, 4.69) is 46.7 Å². The lowest BCUT2D eigenvalue weighted by Crippen LogP contribution is -2.22. The van der Waals surface area contributed by atoms with Crippen LogP contribution in [0.1, 0.15) is 29.7 Å². The smallest absolute Gasteiger partial charge is 0.220 e. The first-order valence-electron chi connectivity index (χ1n) is 8.09. The topological polar surface area (TPSA) is 44.9 Å². The summed E-state index contributed by atoms with van der Waals surface area (Å²) in [5, 5.41) is 4.20. The number of aryl methyl sites for hydroxylation is 2. The van der Waals surface area contributed by atoms with Crippen LogP contribution in [0.5, 0.6) is 0 Å². The summed E-state index contributed by atoms with van der Waals surface area (Å²) in [6.45, 7) is 2.64. The van der Waals surface area contributed by atoms with Crippen molar-refractivity contribution in [1.82, 2.24) is 10.3 Å². The molecule has 23 heavy (non-hydrogen) atoms. The van der Waals surface area contributed by atoms with Gasteiger partial charge in [0.05, 0.1) is 0 Å². The van der Waals surface area contributed by atoms with Gasteiger partial charge in [0, 0.05) is 24.2 Å². The Bertz CT molecular complexity index is 790. The van der Waals surface area contributed by atoms with Gasteiger partial charge in [0.2, 0.25) is 5.91 Å². The quantitative estimate of drug-likeness (QED) is 0.707. The predicted molar refractivity (Wildman–Crippen MR) is 94.3 cm³/mol. The van der Waals surface area contributed by atoms with E-state index in [4.69, 9.17) is 0 Å². The second-order valence-electron chi connectivity index (χ2n) is 5.99. The van der Waals surface area contributed by atoms with Gasteiger partial charge in [-0.3, -0.25) is 4.79 Å². The maximum Gasteiger partial charge on any atom is 0.220 e. The van der Waals surface area contributed by atoms with Gasteiger partial charge in [-0.2, -0.15) is 0 Å². The van der Waals surface area contributed by atoms with Crippen molar-refractivity contribution in [3.63, 3.8) is 0 Å². The SMILES string of the molecule is Cc1cc2cc(CNC(=O)CCCc3ccccc3)ccc2[nH]1. The molecule has 1 aromatic heterocycles. The van der Waals surface area contributed by atoms with Crippen LogP contribution in [-0.2, 0) is 17.8 Å². The number of carbonyl (C=O) groups excluding carboxylic acids is 1. The molecule has 3 aromatic rings. The summed E-state index contributed by atoms with van der Waals surface area (Å²) in [5.74, 6) is 0.117. The van der Waals surface area contributed by atoms with E-state index in [0.717, 1.165) is 29.6 Å². The van der Waals surface area contributed by atoms with E-state index in [1.54, 1.807) is 0 Å². The molecule has 1 amide bonds. The van der Waals surface area contributed by atoms with Crippen LogP contribution in [0.2, 0.25) is 0 Å². The van der Waals surface area contributed by atoms with Crippen LogP contribution in [0.25, 0.3) is 10.9 Å². The molecule has 3 rings (SSSR count). The van der Waals surface area contributed by atoms with Crippen molar-refractivity contribution in [2.75, 3.05) is 0 Å². The average molecular weight is 306 g/mol. The molecular formula is C20H22N2O. The van der Waals surface area contributed by atoms with Crippen molar-refractivity contribution in [2.24, 2.45) is 0 Å². The van der Waals surface area contributed by atoms with Crippen molar-refractivity contribution in [3.05, 3.63) is 71.4 Å². The molecule has 1 heterocycles. The molecule has 2 N–H and O–H groups in total. The first-order chi connectivity index (χ1) is 11.2. The third-order valence-corrected chi connectivity index (χ3v) is 4.02. The number of aromatic nitrogens is 1. The molecule has 3 heteroatoms. The minimum absolute atomic E-state index is 0.117. The van der Waals surface area contributed by atoms with Crippen molar-refractivity contribution in [2.45, 2.75) is 32.7 Å². The Morgan fingerprint density at radius 3 is 2.70 bits per heavy atom. The van der Waals surface area contributed by atoms with E-state index in [-0.39, 0.29) is 5.91 Å². The molecule has 0 fully saturated rings. The highest BCUT2D eigenvalue weighted by Gasteiger charge is 2.03. The van der Waals surface area contributed by atoms with E-state index in [1.165, 1.54) is 10.9 Å². The van der Waals surface area contributed by atoms with Crippen LogP contribution in [0.3, 0.4) is 0 Å². The van der Waals surface area contributed by atoms with Gasteiger partial charge in [-0.05, 0) is 54.5 Å². The van der Waals surface area contributed by atoms with Gasteiger partial charge in [-0.1, -0.05) is 36.4 Å². The number of benzene rings is 2. The van der Waals surface area contributed by atoms with E-state index in [9.17, 15) is 4.79 Å². The molecule has 0 unspecified atom stereocenters. The fraction of sp³-hybridized carbons (Fsp3) is 0.250. The minimum Gasteiger partial charge on any atom is -0.359 e. The lowest BCUT2D eigenvalue weighted by atomic mass is 10.1. The molecule has 0 atom stereocenters. The van der Waals surface area contributed by atoms with Gasteiger partial charge < -0.3 is 10.3 Å². The Hall–Kier alpha value is -2.55. The van der Waals surface area contributed by atoms with Gasteiger partial charge in [0.15, 0.2) is 0 Å². The van der Waals surface area contributed by atoms with Crippen molar-refractivity contribution < 1.29 is 4.79 Å². The molecule has 0 radical (unpaired) electrons. The van der Waals surface area contributed by atoms with Crippen LogP contribution < -0.4 is 5.32 Å². The number of aromatic amines is 1. The molecule has 0 aliphatic heterocycles. The maximum absolute atomic E-state index is 12.0. The zero-order chi connectivity index (χ0) is 16.1. The lowest BCUT2D eigenvalue weighted by Gasteiger charge is -2.06. The largest absolute Gasteiger partial charge is 0.359 e. The number of hydrogen-bond donors (Lipinski definition) is 2. The summed E-state index contributed by atoms with van der Waals surface area (Å²) in [6.07, 6.45) is 2.40. The second kappa shape index (κ2) is 7.14. The highest BCUT2D eigenvalue weighted by Crippen LogP contribution is 2.16. The van der Waals surface area contributed by atoms with E-state index >= 15 is 0 Å². The number of fused-ring (bicyclic) bond motifs is 1. The number of rotatable bonds is 6. The highest BCUT2D eigenvalue weighted by atomic mass is 16.1. The zero-order valence-corrected chi connectivity index (χ0v) is 13.4. The Morgan fingerprint density at radius 1 is 1.04 bits per heavy atom. The molecule has 2 aromatic carbocycles. The van der Waals surface area contributed by atoms with E-state index < -0.39 is 0 Å². The summed E-state index contributed by atoms with van der Waals surface area (Å²) >= 11 is 0. The predicted octanol–water partition coefficient (Wildman–Crippen LogP) is 4.12. The van der Waals surface area contributed by atoms with Gasteiger partial charge >= 0.3 is 0 Å². The van der Waals surface area contributed by atoms with E-state index in [1.807, 2.05) is 25.1 Å². The number of nitrogens with one attached hydrogen (secondary N) is 2. The number of H-pyrrole nitrogens is 1. The maximum atomic E-state index is 12.0. The van der Waals surface area contributed by atoms with E-state index in [0.29, 0.717) is 13.0 Å². The minimum atomic E-state index is 0.117. The molecule has 0 aliphatic carbocycles. The molecule has 0 aliphatic rings. The Labute approximate surface area is 136 Å². The standard InChI is InChI=1S/C20H22N2O/c1-15-12-18-13-17(10-11-19(18)22-15)14-21-20(23)9-5-8-16-6-3-2-4-7-16/h2-4,6-7,10-13,22H,5,8-9,14H2,1H3,(H,21,23). The van der Waals surface area contributed by atoms with Gasteiger partial charge in [0.25, 0.3) is 0 Å². The number of amides is 1. The Kier molecular flexibility index (Phi) is 4.77. The zero-order valence-electron chi connectivity index (χ0n) is 13.4. The summed E-state index contributed by atoms with van der Waals surface area (Å²) in [6, 6.07) is 18.7. The first-order valence-corrected chi connectivity index (χ1v) is 8.09. The van der Waals surface area contributed by atoms with Gasteiger partial charge in [-0.25, -0.2) is 0 Å². The molecule has 0 saturated heterocycles. The molecule has 0 bridgehead atoms. The average Bonchev–Trinajstić information content (AvgIpc) is 2.93. The number of carbonyl (C=O) groups is 1. The van der Waals surface area contributed by atoms with Crippen LogP contribution in [0, 0.1) is 6.92 Å². The van der Waals surface area contributed by atoms with Crippen molar-refractivity contribution >= 4 is 16.8 Å². The van der Waals surface area contributed by atoms with Crippen LogP contribution >= 0.6 is 0 Å². The fourth-order valence-electron chi connectivity index (χ4n) is 2.82. The Morgan fingerprint density at radius 2 is 1.87 bits per heavy atom. The van der Waals surface area contributed by atoms with Crippen molar-refractivity contribution in [3.8, 4) is 0 Å². The van der Waals surface area contributed by atoms with Crippen LogP contribution in [0.15, 0.2) is 54.6 Å². The second-order valence-corrected chi connectivity index (χ2v) is 5.99. The molecule has 0 saturated carbocycles. The molecule has 3 nitrogen and oxygen atoms in total. The highest BCUT2D eigenvalue weighted by molar-refractivity contribution is 5.81. The Balaban J connectivity index is 1.46. The molecular weight excluding hydrogens is 284 g/mol. The van der Waals surface area contributed by atoms with Crippen LogP contribution in [0.4, 0.5) is 0 Å². The molecule has 0 spiro atoms. The number of hydrogen-bond acceptors (Lipinski definition) is 1. The normalized spacial score (nSPS) is 10.8. The van der Waals surface area contributed by atoms with Gasteiger partial charge in [-0.15, -0.1) is 0 Å². The third-order valence-electron chi connectivity index (χ3n) is 4.02. The first kappa shape index (κ1) is 15.3. The van der Waals surface area contributed by atoms with Crippen molar-refractivity contribution in [1.29, 1.82) is 0 Å². The summed E-state index contributed by atoms with van der Waals surface area (Å²) < 4.78 is 0. The fourth-order valence-corrected chi connectivity index (χ4v) is 2.82.